The van der Waals surface area contributed by atoms with Crippen molar-refractivity contribution in [3.8, 4) is 11.8 Å². The summed E-state index contributed by atoms with van der Waals surface area (Å²) < 4.78 is 1.73. The zero-order valence-corrected chi connectivity index (χ0v) is 15.6. The molecule has 0 saturated carbocycles. The first-order chi connectivity index (χ1) is 13.0. The molecule has 140 valence electrons. The van der Waals surface area contributed by atoms with E-state index in [1.165, 1.54) is 11.0 Å². The predicted octanol–water partition coefficient (Wildman–Crippen LogP) is 2.67. The molecule has 7 heteroatoms. The summed E-state index contributed by atoms with van der Waals surface area (Å²) in [4.78, 5) is 25.5. The fourth-order valence-corrected chi connectivity index (χ4v) is 2.72. The Labute approximate surface area is 158 Å². The third-order valence-electron chi connectivity index (χ3n) is 4.05. The van der Waals surface area contributed by atoms with Gasteiger partial charge in [0, 0.05) is 6.54 Å². The summed E-state index contributed by atoms with van der Waals surface area (Å²) in [6.07, 6.45) is 4.35. The van der Waals surface area contributed by atoms with Crippen molar-refractivity contribution in [1.29, 1.82) is 5.26 Å². The van der Waals surface area contributed by atoms with Crippen LogP contribution in [0.5, 0.6) is 0 Å². The fraction of sp³-hybridized carbons (Fsp3) is 0.300. The molecule has 0 bridgehead atoms. The van der Waals surface area contributed by atoms with Crippen molar-refractivity contribution >= 4 is 17.5 Å². The van der Waals surface area contributed by atoms with Crippen LogP contribution in [0.3, 0.4) is 0 Å². The Balaban J connectivity index is 2.26. The average molecular weight is 365 g/mol. The third kappa shape index (κ3) is 4.82. The van der Waals surface area contributed by atoms with E-state index in [-0.39, 0.29) is 18.4 Å². The topological polar surface area (TPSA) is 91.0 Å². The molecule has 0 saturated heterocycles. The molecule has 0 spiro atoms. The van der Waals surface area contributed by atoms with Crippen LogP contribution >= 0.6 is 0 Å². The number of amides is 2. The van der Waals surface area contributed by atoms with Gasteiger partial charge in [0.25, 0.3) is 0 Å². The van der Waals surface area contributed by atoms with E-state index >= 15 is 0 Å². The van der Waals surface area contributed by atoms with Gasteiger partial charge in [-0.2, -0.15) is 10.4 Å². The summed E-state index contributed by atoms with van der Waals surface area (Å²) in [7, 11) is 0. The number of likely N-dealkylation sites (N-methyl/N-ethyl adjacent to an activating group) is 1. The standard InChI is InChI=1S/C20H23N5O2/c1-4-8-18-17(23-19(26)14-24(6-3)20(27)5-2)13-22-25(18)16-10-7-9-15(11-16)12-21/h5,7,9-11,13H,2,4,6,8,14H2,1,3H3,(H,23,26). The summed E-state index contributed by atoms with van der Waals surface area (Å²) in [6.45, 7) is 7.66. The first-order valence-corrected chi connectivity index (χ1v) is 8.82. The van der Waals surface area contributed by atoms with Gasteiger partial charge < -0.3 is 10.2 Å². The Morgan fingerprint density at radius 3 is 2.81 bits per heavy atom. The zero-order chi connectivity index (χ0) is 19.8. The van der Waals surface area contributed by atoms with Crippen molar-refractivity contribution in [2.24, 2.45) is 0 Å². The molecule has 27 heavy (non-hydrogen) atoms. The van der Waals surface area contributed by atoms with Gasteiger partial charge >= 0.3 is 0 Å². The van der Waals surface area contributed by atoms with E-state index in [1.54, 1.807) is 36.0 Å². The van der Waals surface area contributed by atoms with Crippen LogP contribution in [0.2, 0.25) is 0 Å². The van der Waals surface area contributed by atoms with Gasteiger partial charge in [-0.1, -0.05) is 26.0 Å². The molecule has 1 aromatic heterocycles. The van der Waals surface area contributed by atoms with Crippen molar-refractivity contribution in [2.45, 2.75) is 26.7 Å². The number of hydrogen-bond acceptors (Lipinski definition) is 4. The van der Waals surface area contributed by atoms with Gasteiger partial charge in [0.15, 0.2) is 0 Å². The molecular formula is C20H23N5O2. The van der Waals surface area contributed by atoms with Crippen molar-refractivity contribution in [1.82, 2.24) is 14.7 Å². The van der Waals surface area contributed by atoms with E-state index in [0.29, 0.717) is 24.2 Å². The van der Waals surface area contributed by atoms with Gasteiger partial charge in [0.05, 0.1) is 34.9 Å². The van der Waals surface area contributed by atoms with E-state index < -0.39 is 0 Å². The second-order valence-corrected chi connectivity index (χ2v) is 5.93. The largest absolute Gasteiger partial charge is 0.330 e. The first-order valence-electron chi connectivity index (χ1n) is 8.82. The van der Waals surface area contributed by atoms with Crippen LogP contribution in [0.25, 0.3) is 5.69 Å². The summed E-state index contributed by atoms with van der Waals surface area (Å²) >= 11 is 0. The lowest BCUT2D eigenvalue weighted by Crippen LogP contribution is -2.36. The monoisotopic (exact) mass is 365 g/mol. The lowest BCUT2D eigenvalue weighted by molar-refractivity contribution is -0.130. The smallest absolute Gasteiger partial charge is 0.246 e. The Hall–Kier alpha value is -3.40. The molecule has 2 amide bonds. The molecule has 0 aliphatic heterocycles. The average Bonchev–Trinajstić information content (AvgIpc) is 3.08. The highest BCUT2D eigenvalue weighted by atomic mass is 16.2. The number of aromatic nitrogens is 2. The van der Waals surface area contributed by atoms with Gasteiger partial charge in [-0.05, 0) is 37.6 Å². The normalized spacial score (nSPS) is 10.1. The molecule has 2 aromatic rings. The SMILES string of the molecule is C=CC(=O)N(CC)CC(=O)Nc1cnn(-c2cccc(C#N)c2)c1CCC. The minimum Gasteiger partial charge on any atom is -0.330 e. The predicted molar refractivity (Wildman–Crippen MR) is 103 cm³/mol. The van der Waals surface area contributed by atoms with E-state index in [0.717, 1.165) is 17.8 Å². The maximum Gasteiger partial charge on any atom is 0.246 e. The Kier molecular flexibility index (Phi) is 6.89. The number of nitriles is 1. The molecule has 1 heterocycles. The fourth-order valence-electron chi connectivity index (χ4n) is 2.72. The second kappa shape index (κ2) is 9.34. The van der Waals surface area contributed by atoms with Crippen LogP contribution in [0.15, 0.2) is 43.1 Å². The minimum atomic E-state index is -0.297. The number of benzene rings is 1. The second-order valence-electron chi connectivity index (χ2n) is 5.93. The lowest BCUT2D eigenvalue weighted by atomic mass is 10.2. The number of nitrogens with zero attached hydrogens (tertiary/aromatic N) is 4. The lowest BCUT2D eigenvalue weighted by Gasteiger charge is -2.18. The van der Waals surface area contributed by atoms with Crippen LogP contribution < -0.4 is 5.32 Å². The molecule has 0 radical (unpaired) electrons. The molecule has 1 aromatic carbocycles. The van der Waals surface area contributed by atoms with Crippen LogP contribution in [0, 0.1) is 11.3 Å². The van der Waals surface area contributed by atoms with Crippen molar-refractivity contribution in [3.63, 3.8) is 0 Å². The number of nitrogens with one attached hydrogen (secondary N) is 1. The molecule has 0 unspecified atom stereocenters. The van der Waals surface area contributed by atoms with Crippen molar-refractivity contribution in [2.75, 3.05) is 18.4 Å². The molecular weight excluding hydrogens is 342 g/mol. The zero-order valence-electron chi connectivity index (χ0n) is 15.6. The van der Waals surface area contributed by atoms with Gasteiger partial charge in [-0.25, -0.2) is 4.68 Å². The summed E-state index contributed by atoms with van der Waals surface area (Å²) in [6, 6.07) is 9.25. The molecule has 1 N–H and O–H groups in total. The highest BCUT2D eigenvalue weighted by Gasteiger charge is 2.17. The van der Waals surface area contributed by atoms with E-state index in [2.05, 4.69) is 23.1 Å². The molecule has 7 nitrogen and oxygen atoms in total. The maximum atomic E-state index is 12.4. The Morgan fingerprint density at radius 2 is 2.19 bits per heavy atom. The summed E-state index contributed by atoms with van der Waals surface area (Å²) in [5.41, 5.74) is 2.75. The van der Waals surface area contributed by atoms with Crippen LogP contribution in [-0.2, 0) is 16.0 Å². The van der Waals surface area contributed by atoms with Crippen molar-refractivity contribution in [3.05, 3.63) is 54.4 Å². The quantitative estimate of drug-likeness (QED) is 0.728. The van der Waals surface area contributed by atoms with Crippen LogP contribution in [0.1, 0.15) is 31.5 Å². The van der Waals surface area contributed by atoms with Gasteiger partial charge in [-0.3, -0.25) is 9.59 Å². The molecule has 0 atom stereocenters. The molecule has 2 rings (SSSR count). The molecule has 0 fully saturated rings. The number of anilines is 1. The first kappa shape index (κ1) is 19.9. The van der Waals surface area contributed by atoms with E-state index in [1.807, 2.05) is 13.0 Å². The highest BCUT2D eigenvalue weighted by Crippen LogP contribution is 2.21. The summed E-state index contributed by atoms with van der Waals surface area (Å²) in [5, 5.41) is 16.3. The molecule has 0 aliphatic rings. The minimum absolute atomic E-state index is 0.0536. The maximum absolute atomic E-state index is 12.4. The van der Waals surface area contributed by atoms with Gasteiger partial charge in [-0.15, -0.1) is 0 Å². The number of rotatable bonds is 8. The summed E-state index contributed by atoms with van der Waals surface area (Å²) in [5.74, 6) is -0.583. The van der Waals surface area contributed by atoms with Gasteiger partial charge in [0.2, 0.25) is 11.8 Å². The Morgan fingerprint density at radius 1 is 1.41 bits per heavy atom. The van der Waals surface area contributed by atoms with Gasteiger partial charge in [0.1, 0.15) is 6.54 Å². The van der Waals surface area contributed by atoms with Crippen molar-refractivity contribution < 1.29 is 9.59 Å². The number of carbonyl (C=O) groups is 2. The van der Waals surface area contributed by atoms with Crippen LogP contribution in [0.4, 0.5) is 5.69 Å². The highest BCUT2D eigenvalue weighted by molar-refractivity contribution is 5.96. The van der Waals surface area contributed by atoms with E-state index in [9.17, 15) is 9.59 Å². The van der Waals surface area contributed by atoms with Crippen LogP contribution in [-0.4, -0.2) is 39.6 Å². The number of hydrogen-bond donors (Lipinski definition) is 1. The third-order valence-corrected chi connectivity index (χ3v) is 4.05. The Bertz CT molecular complexity index is 879. The van der Waals surface area contributed by atoms with E-state index in [4.69, 9.17) is 5.26 Å². The number of carbonyl (C=O) groups excluding carboxylic acids is 2. The molecule has 0 aliphatic carbocycles.